The van der Waals surface area contributed by atoms with E-state index in [2.05, 4.69) is 15.4 Å². The van der Waals surface area contributed by atoms with Crippen LogP contribution in [0.5, 0.6) is 5.75 Å². The summed E-state index contributed by atoms with van der Waals surface area (Å²) in [6, 6.07) is 6.01. The largest absolute Gasteiger partial charge is 0.497 e. The minimum Gasteiger partial charge on any atom is -0.497 e. The minimum absolute atomic E-state index is 0.00585. The second kappa shape index (κ2) is 13.3. The third-order valence-electron chi connectivity index (χ3n) is 5.40. The Balaban J connectivity index is 1.83. The SMILES string of the molecule is CCOC(=O)C1=C(COC(=O)[C@@H](CCSC)NS(=O)(=O)c2ccc(OC)cc2)NC(=O)N[C@H]1c1ccco1. The lowest BCUT2D eigenvalue weighted by Gasteiger charge is -2.28. The summed E-state index contributed by atoms with van der Waals surface area (Å²) < 4.78 is 49.2. The molecule has 0 spiro atoms. The molecular formula is C24H29N3O9S2. The molecule has 1 aliphatic heterocycles. The van der Waals surface area contributed by atoms with Gasteiger partial charge in [0.1, 0.15) is 30.2 Å². The van der Waals surface area contributed by atoms with Crippen LogP contribution in [-0.2, 0) is 29.1 Å². The van der Waals surface area contributed by atoms with Gasteiger partial charge in [-0.1, -0.05) is 0 Å². The van der Waals surface area contributed by atoms with E-state index < -0.39 is 46.7 Å². The fourth-order valence-electron chi connectivity index (χ4n) is 3.57. The maximum atomic E-state index is 13.0. The normalized spacial score (nSPS) is 16.3. The van der Waals surface area contributed by atoms with E-state index >= 15 is 0 Å². The number of carbonyl (C=O) groups is 3. The second-order valence-electron chi connectivity index (χ2n) is 7.90. The maximum Gasteiger partial charge on any atom is 0.338 e. The molecule has 206 valence electrons. The number of esters is 2. The van der Waals surface area contributed by atoms with Gasteiger partial charge in [-0.2, -0.15) is 16.5 Å². The average molecular weight is 568 g/mol. The first kappa shape index (κ1) is 29.1. The Morgan fingerprint density at radius 3 is 2.53 bits per heavy atom. The molecule has 38 heavy (non-hydrogen) atoms. The Morgan fingerprint density at radius 2 is 1.92 bits per heavy atom. The lowest BCUT2D eigenvalue weighted by molar-refractivity contribution is -0.145. The molecule has 1 aromatic carbocycles. The highest BCUT2D eigenvalue weighted by Crippen LogP contribution is 2.28. The summed E-state index contributed by atoms with van der Waals surface area (Å²) in [7, 11) is -2.62. The van der Waals surface area contributed by atoms with Crippen molar-refractivity contribution in [1.29, 1.82) is 0 Å². The van der Waals surface area contributed by atoms with Crippen molar-refractivity contribution in [3.05, 3.63) is 59.7 Å². The summed E-state index contributed by atoms with van der Waals surface area (Å²) in [5, 5.41) is 5.06. The molecule has 3 N–H and O–H groups in total. The number of furan rings is 1. The summed E-state index contributed by atoms with van der Waals surface area (Å²) in [5.41, 5.74) is -0.0164. The van der Waals surface area contributed by atoms with Gasteiger partial charge in [0.25, 0.3) is 0 Å². The van der Waals surface area contributed by atoms with Crippen molar-refractivity contribution >= 4 is 39.8 Å². The van der Waals surface area contributed by atoms with Gasteiger partial charge < -0.3 is 29.3 Å². The van der Waals surface area contributed by atoms with Gasteiger partial charge in [-0.25, -0.2) is 18.0 Å². The zero-order valence-electron chi connectivity index (χ0n) is 21.0. The molecule has 14 heteroatoms. The van der Waals surface area contributed by atoms with Crippen molar-refractivity contribution in [2.75, 3.05) is 32.3 Å². The van der Waals surface area contributed by atoms with E-state index in [9.17, 15) is 22.8 Å². The van der Waals surface area contributed by atoms with Gasteiger partial charge in [-0.15, -0.1) is 0 Å². The number of urea groups is 1. The Bertz CT molecular complexity index is 1260. The number of hydrogen-bond acceptors (Lipinski definition) is 10. The van der Waals surface area contributed by atoms with Crippen LogP contribution in [0.3, 0.4) is 0 Å². The van der Waals surface area contributed by atoms with Crippen LogP contribution in [0.4, 0.5) is 4.79 Å². The molecule has 0 saturated carbocycles. The van der Waals surface area contributed by atoms with Crippen LogP contribution in [-0.4, -0.2) is 64.8 Å². The number of methoxy groups -OCH3 is 1. The lowest BCUT2D eigenvalue weighted by atomic mass is 10.0. The van der Waals surface area contributed by atoms with E-state index in [1.165, 1.54) is 49.4 Å². The number of nitrogens with one attached hydrogen (secondary N) is 3. The predicted molar refractivity (Wildman–Crippen MR) is 138 cm³/mol. The minimum atomic E-state index is -4.08. The molecule has 0 saturated heterocycles. The van der Waals surface area contributed by atoms with Crippen molar-refractivity contribution < 1.29 is 41.4 Å². The van der Waals surface area contributed by atoms with E-state index in [1.807, 2.05) is 6.26 Å². The van der Waals surface area contributed by atoms with E-state index in [0.29, 0.717) is 11.5 Å². The van der Waals surface area contributed by atoms with Crippen molar-refractivity contribution in [2.45, 2.75) is 30.3 Å². The third-order valence-corrected chi connectivity index (χ3v) is 7.53. The van der Waals surface area contributed by atoms with Crippen molar-refractivity contribution in [3.8, 4) is 5.75 Å². The van der Waals surface area contributed by atoms with Crippen LogP contribution in [0.15, 0.2) is 63.2 Å². The number of hydrogen-bond donors (Lipinski definition) is 3. The smallest absolute Gasteiger partial charge is 0.338 e. The summed E-state index contributed by atoms with van der Waals surface area (Å²) in [5.74, 6) is -0.412. The van der Waals surface area contributed by atoms with Crippen LogP contribution < -0.4 is 20.1 Å². The standard InChI is InChI=1S/C24H29N3O9S2/c1-4-34-23(29)20-18(25-24(30)26-21(20)19-6-5-12-35-19)14-36-22(28)17(11-13-37-3)27-38(31,32)16-9-7-15(33-2)8-10-16/h5-10,12,17,21,27H,4,11,13-14H2,1-3H3,(H2,25,26,30)/t17-,21+/m1/s1. The quantitative estimate of drug-likeness (QED) is 0.306. The fourth-order valence-corrected chi connectivity index (χ4v) is 5.26. The number of amides is 2. The highest BCUT2D eigenvalue weighted by Gasteiger charge is 2.36. The van der Waals surface area contributed by atoms with Crippen LogP contribution in [0.2, 0.25) is 0 Å². The van der Waals surface area contributed by atoms with Gasteiger partial charge >= 0.3 is 18.0 Å². The Morgan fingerprint density at radius 1 is 1.18 bits per heavy atom. The third kappa shape index (κ3) is 7.30. The highest BCUT2D eigenvalue weighted by molar-refractivity contribution is 7.98. The molecule has 12 nitrogen and oxygen atoms in total. The van der Waals surface area contributed by atoms with E-state index in [4.69, 9.17) is 18.6 Å². The molecule has 1 aliphatic rings. The van der Waals surface area contributed by atoms with Crippen molar-refractivity contribution in [3.63, 3.8) is 0 Å². The zero-order chi connectivity index (χ0) is 27.7. The monoisotopic (exact) mass is 567 g/mol. The van der Waals surface area contributed by atoms with E-state index in [-0.39, 0.29) is 35.0 Å². The maximum absolute atomic E-state index is 13.0. The molecule has 0 bridgehead atoms. The number of carbonyl (C=O) groups excluding carboxylic acids is 3. The van der Waals surface area contributed by atoms with Crippen LogP contribution in [0.1, 0.15) is 25.1 Å². The number of ether oxygens (including phenoxy) is 3. The predicted octanol–water partition coefficient (Wildman–Crippen LogP) is 2.10. The topological polar surface area (TPSA) is 162 Å². The molecule has 0 aliphatic carbocycles. The molecule has 3 rings (SSSR count). The number of rotatable bonds is 13. The summed E-state index contributed by atoms with van der Waals surface area (Å²) >= 11 is 1.42. The molecule has 0 radical (unpaired) electrons. The number of thioether (sulfide) groups is 1. The summed E-state index contributed by atoms with van der Waals surface area (Å²) in [6.45, 7) is 1.18. The van der Waals surface area contributed by atoms with Gasteiger partial charge in [0.15, 0.2) is 0 Å². The van der Waals surface area contributed by atoms with Gasteiger partial charge in [-0.3, -0.25) is 4.79 Å². The lowest BCUT2D eigenvalue weighted by Crippen LogP contribution is -2.47. The molecule has 2 amide bonds. The first-order chi connectivity index (χ1) is 18.2. The highest BCUT2D eigenvalue weighted by atomic mass is 32.2. The molecule has 2 atom stereocenters. The van der Waals surface area contributed by atoms with Crippen LogP contribution in [0.25, 0.3) is 0 Å². The van der Waals surface area contributed by atoms with Gasteiger partial charge in [0.05, 0.1) is 36.1 Å². The average Bonchev–Trinajstić information content (AvgIpc) is 3.44. The van der Waals surface area contributed by atoms with Gasteiger partial charge in [0, 0.05) is 0 Å². The molecule has 0 fully saturated rings. The number of sulfonamides is 1. The molecule has 0 unspecified atom stereocenters. The van der Waals surface area contributed by atoms with Crippen LogP contribution in [0, 0.1) is 0 Å². The van der Waals surface area contributed by atoms with Crippen molar-refractivity contribution in [2.24, 2.45) is 0 Å². The zero-order valence-corrected chi connectivity index (χ0v) is 22.6. The first-order valence-electron chi connectivity index (χ1n) is 11.5. The van der Waals surface area contributed by atoms with Gasteiger partial charge in [-0.05, 0) is 61.8 Å². The van der Waals surface area contributed by atoms with E-state index in [1.54, 1.807) is 19.1 Å². The Hall–Kier alpha value is -3.49. The van der Waals surface area contributed by atoms with Crippen molar-refractivity contribution in [1.82, 2.24) is 15.4 Å². The number of benzene rings is 1. The molecular weight excluding hydrogens is 538 g/mol. The molecule has 1 aromatic heterocycles. The molecule has 2 aromatic rings. The fraction of sp³-hybridized carbons (Fsp3) is 0.375. The molecule has 2 heterocycles. The summed E-state index contributed by atoms with van der Waals surface area (Å²) in [4.78, 5) is 38.1. The summed E-state index contributed by atoms with van der Waals surface area (Å²) in [6.07, 6.45) is 3.34. The van der Waals surface area contributed by atoms with Gasteiger partial charge in [0.2, 0.25) is 10.0 Å². The first-order valence-corrected chi connectivity index (χ1v) is 14.4. The van der Waals surface area contributed by atoms with E-state index in [0.717, 1.165) is 0 Å². The Labute approximate surface area is 224 Å². The van der Waals surface area contributed by atoms with Crippen LogP contribution >= 0.6 is 11.8 Å². The Kier molecular flexibility index (Phi) is 10.2. The second-order valence-corrected chi connectivity index (χ2v) is 10.6.